The first kappa shape index (κ1) is 11.0. The number of hydrogen-bond acceptors (Lipinski definition) is 1. The van der Waals surface area contributed by atoms with Gasteiger partial charge in [-0.1, -0.05) is 48.5 Å². The van der Waals surface area contributed by atoms with E-state index in [0.29, 0.717) is 0 Å². The lowest BCUT2D eigenvalue weighted by Crippen LogP contribution is -2.36. The number of para-hydroxylation sites is 1. The number of carbonyl (C=O) groups excluding carboxylic acids is 1. The van der Waals surface area contributed by atoms with Gasteiger partial charge in [-0.15, -0.1) is 0 Å². The van der Waals surface area contributed by atoms with Crippen LogP contribution in [0.2, 0.25) is 0 Å². The van der Waals surface area contributed by atoms with E-state index in [9.17, 15) is 4.79 Å². The highest BCUT2D eigenvalue weighted by atomic mass is 16.2. The van der Waals surface area contributed by atoms with Gasteiger partial charge in [0.15, 0.2) is 0 Å². The molecule has 1 heterocycles. The minimum atomic E-state index is -0.563. The molecule has 2 aromatic rings. The average Bonchev–Trinajstić information content (AvgIpc) is 2.64. The third-order valence-corrected chi connectivity index (χ3v) is 3.89. The first-order valence-electron chi connectivity index (χ1n) is 6.09. The number of carbonyl (C=O) groups is 1. The van der Waals surface area contributed by atoms with Gasteiger partial charge in [-0.2, -0.15) is 0 Å². The molecule has 18 heavy (non-hydrogen) atoms. The van der Waals surface area contributed by atoms with E-state index in [1.165, 1.54) is 0 Å². The number of hydrogen-bond donors (Lipinski definition) is 0. The van der Waals surface area contributed by atoms with Gasteiger partial charge in [-0.25, -0.2) is 0 Å². The minimum absolute atomic E-state index is 0.134. The van der Waals surface area contributed by atoms with E-state index in [4.69, 9.17) is 0 Å². The molecule has 0 spiro atoms. The van der Waals surface area contributed by atoms with Gasteiger partial charge in [0.2, 0.25) is 5.91 Å². The summed E-state index contributed by atoms with van der Waals surface area (Å²) in [5.41, 5.74) is 2.58. The van der Waals surface area contributed by atoms with Crippen LogP contribution in [0.25, 0.3) is 0 Å². The second-order valence-corrected chi connectivity index (χ2v) is 4.87. The highest BCUT2D eigenvalue weighted by molar-refractivity contribution is 6.09. The third-order valence-electron chi connectivity index (χ3n) is 3.89. The number of fused-ring (bicyclic) bond motifs is 1. The molecule has 2 aromatic carbocycles. The smallest absolute Gasteiger partial charge is 0.241 e. The molecule has 2 nitrogen and oxygen atoms in total. The summed E-state index contributed by atoms with van der Waals surface area (Å²) in [6.45, 7) is 2.01. The molecule has 0 unspecified atom stereocenters. The van der Waals surface area contributed by atoms with Crippen LogP contribution >= 0.6 is 0 Å². The van der Waals surface area contributed by atoms with Crippen LogP contribution in [0.1, 0.15) is 18.1 Å². The Morgan fingerprint density at radius 1 is 0.944 bits per heavy atom. The highest BCUT2D eigenvalue weighted by Gasteiger charge is 2.46. The topological polar surface area (TPSA) is 20.3 Å². The van der Waals surface area contributed by atoms with Crippen LogP contribution in [-0.4, -0.2) is 13.0 Å². The van der Waals surface area contributed by atoms with Crippen LogP contribution in [0.4, 0.5) is 5.69 Å². The molecule has 0 aliphatic carbocycles. The summed E-state index contributed by atoms with van der Waals surface area (Å²) in [5, 5.41) is 0. The zero-order valence-corrected chi connectivity index (χ0v) is 10.6. The number of amides is 1. The first-order chi connectivity index (χ1) is 8.65. The van der Waals surface area contributed by atoms with E-state index in [2.05, 4.69) is 0 Å². The molecule has 0 fully saturated rings. The monoisotopic (exact) mass is 237 g/mol. The van der Waals surface area contributed by atoms with Crippen LogP contribution in [0.3, 0.4) is 0 Å². The third kappa shape index (κ3) is 1.26. The summed E-state index contributed by atoms with van der Waals surface area (Å²) in [6.07, 6.45) is 0. The second-order valence-electron chi connectivity index (χ2n) is 4.87. The van der Waals surface area contributed by atoms with E-state index in [0.717, 1.165) is 16.8 Å². The van der Waals surface area contributed by atoms with Crippen LogP contribution in [0.5, 0.6) is 0 Å². The number of rotatable bonds is 1. The predicted octanol–water partition coefficient (Wildman–Crippen LogP) is 2.97. The van der Waals surface area contributed by atoms with Gasteiger partial charge in [-0.05, 0) is 24.1 Å². The summed E-state index contributed by atoms with van der Waals surface area (Å²) in [6, 6.07) is 18.0. The summed E-state index contributed by atoms with van der Waals surface area (Å²) in [5.74, 6) is 0.134. The van der Waals surface area contributed by atoms with Crippen LogP contribution in [0, 0.1) is 0 Å². The van der Waals surface area contributed by atoms with Crippen LogP contribution in [-0.2, 0) is 10.2 Å². The Morgan fingerprint density at radius 2 is 1.56 bits per heavy atom. The van der Waals surface area contributed by atoms with E-state index in [1.54, 1.807) is 4.90 Å². The fraction of sp³-hybridized carbons (Fsp3) is 0.188. The van der Waals surface area contributed by atoms with Crippen molar-refractivity contribution in [2.24, 2.45) is 0 Å². The Balaban J connectivity index is 2.27. The van der Waals surface area contributed by atoms with Crippen molar-refractivity contribution in [1.82, 2.24) is 0 Å². The lowest BCUT2D eigenvalue weighted by molar-refractivity contribution is -0.121. The maximum absolute atomic E-state index is 12.6. The summed E-state index contributed by atoms with van der Waals surface area (Å²) < 4.78 is 0. The van der Waals surface area contributed by atoms with Gasteiger partial charge in [-0.3, -0.25) is 4.79 Å². The van der Waals surface area contributed by atoms with Crippen molar-refractivity contribution in [2.75, 3.05) is 11.9 Å². The highest BCUT2D eigenvalue weighted by Crippen LogP contribution is 2.44. The van der Waals surface area contributed by atoms with Crippen molar-refractivity contribution >= 4 is 11.6 Å². The zero-order chi connectivity index (χ0) is 12.8. The average molecular weight is 237 g/mol. The molecule has 1 aliphatic heterocycles. The van der Waals surface area contributed by atoms with Gasteiger partial charge in [0.1, 0.15) is 0 Å². The molecular formula is C16H15NO. The SMILES string of the molecule is CN1C(=O)[C@](C)(c2ccccc2)c2ccccc21. The number of anilines is 1. The number of benzene rings is 2. The molecule has 0 saturated carbocycles. The molecule has 90 valence electrons. The van der Waals surface area contributed by atoms with Gasteiger partial charge in [0.25, 0.3) is 0 Å². The Labute approximate surface area is 107 Å². The van der Waals surface area contributed by atoms with Gasteiger partial charge in [0.05, 0.1) is 5.41 Å². The minimum Gasteiger partial charge on any atom is -0.314 e. The van der Waals surface area contributed by atoms with Crippen molar-refractivity contribution in [2.45, 2.75) is 12.3 Å². The molecule has 0 bridgehead atoms. The Bertz CT molecular complexity index is 606. The standard InChI is InChI=1S/C16H15NO/c1-16(12-8-4-3-5-9-12)13-10-6-7-11-14(13)17(2)15(16)18/h3-11H,1-2H3/t16-/m1/s1. The summed E-state index contributed by atoms with van der Waals surface area (Å²) >= 11 is 0. The van der Waals surface area contributed by atoms with Crippen LogP contribution in [0.15, 0.2) is 54.6 Å². The maximum atomic E-state index is 12.6. The lowest BCUT2D eigenvalue weighted by Gasteiger charge is -2.23. The Hall–Kier alpha value is -2.09. The molecule has 1 aliphatic rings. The summed E-state index contributed by atoms with van der Waals surface area (Å²) in [4.78, 5) is 14.4. The molecule has 0 N–H and O–H groups in total. The Kier molecular flexibility index (Phi) is 2.27. The fourth-order valence-corrected chi connectivity index (χ4v) is 2.80. The summed E-state index contributed by atoms with van der Waals surface area (Å²) in [7, 11) is 1.84. The molecule has 0 saturated heterocycles. The molecule has 0 aromatic heterocycles. The van der Waals surface area contributed by atoms with Gasteiger partial charge < -0.3 is 4.90 Å². The lowest BCUT2D eigenvalue weighted by atomic mass is 9.77. The molecule has 2 heteroatoms. The van der Waals surface area contributed by atoms with Crippen LogP contribution < -0.4 is 4.90 Å². The van der Waals surface area contributed by atoms with Crippen molar-refractivity contribution in [1.29, 1.82) is 0 Å². The van der Waals surface area contributed by atoms with E-state index in [-0.39, 0.29) is 5.91 Å². The van der Waals surface area contributed by atoms with Crippen molar-refractivity contribution in [3.63, 3.8) is 0 Å². The van der Waals surface area contributed by atoms with E-state index < -0.39 is 5.41 Å². The van der Waals surface area contributed by atoms with E-state index >= 15 is 0 Å². The Morgan fingerprint density at radius 3 is 2.28 bits per heavy atom. The van der Waals surface area contributed by atoms with E-state index in [1.807, 2.05) is 68.6 Å². The number of nitrogens with zero attached hydrogens (tertiary/aromatic N) is 1. The first-order valence-corrected chi connectivity index (χ1v) is 6.09. The molecule has 3 rings (SSSR count). The normalized spacial score (nSPS) is 22.1. The molecule has 0 radical (unpaired) electrons. The molecule has 1 amide bonds. The maximum Gasteiger partial charge on any atom is 0.241 e. The van der Waals surface area contributed by atoms with Crippen molar-refractivity contribution in [3.05, 3.63) is 65.7 Å². The zero-order valence-electron chi connectivity index (χ0n) is 10.6. The van der Waals surface area contributed by atoms with Gasteiger partial charge in [0, 0.05) is 12.7 Å². The second kappa shape index (κ2) is 3.70. The van der Waals surface area contributed by atoms with Crippen molar-refractivity contribution < 1.29 is 4.79 Å². The predicted molar refractivity (Wildman–Crippen MR) is 72.7 cm³/mol. The molecule has 1 atom stereocenters. The number of likely N-dealkylation sites (N-methyl/N-ethyl adjacent to an activating group) is 1. The largest absolute Gasteiger partial charge is 0.314 e. The fourth-order valence-electron chi connectivity index (χ4n) is 2.80. The van der Waals surface area contributed by atoms with Gasteiger partial charge >= 0.3 is 0 Å². The quantitative estimate of drug-likeness (QED) is 0.746. The molecular weight excluding hydrogens is 222 g/mol. The van der Waals surface area contributed by atoms with Crippen molar-refractivity contribution in [3.8, 4) is 0 Å².